The lowest BCUT2D eigenvalue weighted by Gasteiger charge is -2.03. The zero-order valence-corrected chi connectivity index (χ0v) is 10.5. The highest BCUT2D eigenvalue weighted by Gasteiger charge is 2.13. The normalized spacial score (nSPS) is 10.6. The molecule has 0 unspecified atom stereocenters. The molecule has 2 rings (SSSR count). The fraction of sp³-hybridized carbons (Fsp3) is 0.333. The van der Waals surface area contributed by atoms with Crippen molar-refractivity contribution in [1.82, 2.24) is 20.0 Å². The van der Waals surface area contributed by atoms with Crippen LogP contribution in [0.2, 0.25) is 0 Å². The zero-order chi connectivity index (χ0) is 13.3. The van der Waals surface area contributed by atoms with Crippen molar-refractivity contribution in [3.8, 4) is 5.82 Å². The van der Waals surface area contributed by atoms with Gasteiger partial charge in [-0.25, -0.2) is 9.48 Å². The molecule has 2 heterocycles. The largest absolute Gasteiger partial charge is 0.476 e. The molecule has 0 aromatic carbocycles. The summed E-state index contributed by atoms with van der Waals surface area (Å²) in [5.74, 6) is -0.558. The van der Waals surface area contributed by atoms with Crippen LogP contribution in [-0.4, -0.2) is 31.1 Å². The minimum atomic E-state index is -1.09. The molecule has 0 saturated heterocycles. The molecule has 6 heteroatoms. The summed E-state index contributed by atoms with van der Waals surface area (Å²) in [6.45, 7) is 5.98. The summed E-state index contributed by atoms with van der Waals surface area (Å²) >= 11 is 0. The quantitative estimate of drug-likeness (QED) is 0.888. The van der Waals surface area contributed by atoms with Gasteiger partial charge in [0, 0.05) is 5.69 Å². The van der Waals surface area contributed by atoms with Gasteiger partial charge in [0.2, 0.25) is 0 Å². The number of carboxylic acids is 1. The zero-order valence-electron chi connectivity index (χ0n) is 10.5. The van der Waals surface area contributed by atoms with E-state index in [1.807, 2.05) is 13.8 Å². The van der Waals surface area contributed by atoms with Crippen LogP contribution >= 0.6 is 0 Å². The van der Waals surface area contributed by atoms with E-state index in [-0.39, 0.29) is 5.69 Å². The van der Waals surface area contributed by atoms with E-state index in [2.05, 4.69) is 22.2 Å². The second kappa shape index (κ2) is 4.56. The molecule has 2 aromatic rings. The molecule has 0 amide bonds. The molecule has 6 nitrogen and oxygen atoms in total. The molecule has 0 aliphatic heterocycles. The topological polar surface area (TPSA) is 80.9 Å². The Morgan fingerprint density at radius 3 is 2.50 bits per heavy atom. The van der Waals surface area contributed by atoms with Crippen LogP contribution in [0.15, 0.2) is 12.1 Å². The van der Waals surface area contributed by atoms with E-state index < -0.39 is 5.97 Å². The Balaban J connectivity index is 2.46. The molecule has 0 spiro atoms. The molecule has 0 saturated carbocycles. The first-order valence-electron chi connectivity index (χ1n) is 5.67. The molecule has 0 aliphatic carbocycles. The highest BCUT2D eigenvalue weighted by atomic mass is 16.4. The van der Waals surface area contributed by atoms with E-state index in [1.165, 1.54) is 11.6 Å². The lowest BCUT2D eigenvalue weighted by atomic mass is 10.1. The summed E-state index contributed by atoms with van der Waals surface area (Å²) in [4.78, 5) is 10.7. The Bertz CT molecular complexity index is 587. The van der Waals surface area contributed by atoms with E-state index in [9.17, 15) is 4.79 Å². The van der Waals surface area contributed by atoms with Crippen LogP contribution in [0.1, 0.15) is 34.4 Å². The van der Waals surface area contributed by atoms with Crippen molar-refractivity contribution in [2.24, 2.45) is 0 Å². The van der Waals surface area contributed by atoms with Gasteiger partial charge >= 0.3 is 5.97 Å². The van der Waals surface area contributed by atoms with Crippen LogP contribution < -0.4 is 0 Å². The number of aromatic nitrogens is 4. The van der Waals surface area contributed by atoms with Gasteiger partial charge in [-0.15, -0.1) is 10.2 Å². The highest BCUT2D eigenvalue weighted by molar-refractivity contribution is 5.85. The predicted molar refractivity (Wildman–Crippen MR) is 65.0 cm³/mol. The first-order valence-corrected chi connectivity index (χ1v) is 5.67. The van der Waals surface area contributed by atoms with Crippen LogP contribution in [0.4, 0.5) is 0 Å². The number of hydrogen-bond donors (Lipinski definition) is 1. The van der Waals surface area contributed by atoms with Gasteiger partial charge in [-0.3, -0.25) is 0 Å². The van der Waals surface area contributed by atoms with Crippen LogP contribution in [0.5, 0.6) is 0 Å². The minimum Gasteiger partial charge on any atom is -0.476 e. The van der Waals surface area contributed by atoms with Crippen molar-refractivity contribution in [2.45, 2.75) is 27.2 Å². The van der Waals surface area contributed by atoms with Gasteiger partial charge in [-0.2, -0.15) is 5.10 Å². The van der Waals surface area contributed by atoms with Gasteiger partial charge < -0.3 is 5.11 Å². The maximum absolute atomic E-state index is 10.7. The predicted octanol–water partition coefficient (Wildman–Crippen LogP) is 1.54. The summed E-state index contributed by atoms with van der Waals surface area (Å²) in [5.41, 5.74) is 3.07. The Morgan fingerprint density at radius 2 is 2.06 bits per heavy atom. The Kier molecular flexibility index (Phi) is 3.10. The Hall–Kier alpha value is -2.24. The van der Waals surface area contributed by atoms with Crippen LogP contribution in [0.25, 0.3) is 5.82 Å². The van der Waals surface area contributed by atoms with Crippen LogP contribution in [0, 0.1) is 13.8 Å². The lowest BCUT2D eigenvalue weighted by Crippen LogP contribution is -2.07. The van der Waals surface area contributed by atoms with Gasteiger partial charge in [0.15, 0.2) is 11.5 Å². The number of aromatic carboxylic acids is 1. The van der Waals surface area contributed by atoms with Gasteiger partial charge in [0.1, 0.15) is 0 Å². The summed E-state index contributed by atoms with van der Waals surface area (Å²) in [5, 5.41) is 20.7. The summed E-state index contributed by atoms with van der Waals surface area (Å²) in [7, 11) is 0. The third-order valence-electron chi connectivity index (χ3n) is 2.88. The van der Waals surface area contributed by atoms with Gasteiger partial charge in [0.25, 0.3) is 0 Å². The van der Waals surface area contributed by atoms with E-state index in [0.717, 1.165) is 17.8 Å². The summed E-state index contributed by atoms with van der Waals surface area (Å²) in [6, 6.07) is 3.03. The molecule has 18 heavy (non-hydrogen) atoms. The van der Waals surface area contributed by atoms with Crippen molar-refractivity contribution in [3.63, 3.8) is 0 Å². The molecule has 2 aromatic heterocycles. The summed E-state index contributed by atoms with van der Waals surface area (Å²) < 4.78 is 1.69. The van der Waals surface area contributed by atoms with E-state index in [1.54, 1.807) is 10.7 Å². The average molecular weight is 246 g/mol. The monoisotopic (exact) mass is 246 g/mol. The highest BCUT2D eigenvalue weighted by Crippen LogP contribution is 2.16. The lowest BCUT2D eigenvalue weighted by molar-refractivity contribution is 0.0689. The van der Waals surface area contributed by atoms with Gasteiger partial charge in [0.05, 0.1) is 5.69 Å². The standard InChI is InChI=1S/C12H14N4O2/c1-4-9-7(2)15-16(8(9)3)11-6-5-10(12(17)18)13-14-11/h5-6H,4H2,1-3H3,(H,17,18). The second-order valence-electron chi connectivity index (χ2n) is 4.00. The maximum Gasteiger partial charge on any atom is 0.356 e. The molecular weight excluding hydrogens is 232 g/mol. The molecule has 94 valence electrons. The van der Waals surface area contributed by atoms with Crippen molar-refractivity contribution >= 4 is 5.97 Å². The number of nitrogens with zero attached hydrogens (tertiary/aromatic N) is 4. The number of aryl methyl sites for hydroxylation is 1. The Morgan fingerprint density at radius 1 is 1.33 bits per heavy atom. The van der Waals surface area contributed by atoms with E-state index >= 15 is 0 Å². The Labute approximate surface area is 104 Å². The molecule has 0 aliphatic rings. The van der Waals surface area contributed by atoms with Gasteiger partial charge in [-0.05, 0) is 38.0 Å². The fourth-order valence-electron chi connectivity index (χ4n) is 1.96. The molecular formula is C12H14N4O2. The minimum absolute atomic E-state index is 0.0732. The summed E-state index contributed by atoms with van der Waals surface area (Å²) in [6.07, 6.45) is 0.901. The first-order chi connectivity index (χ1) is 8.54. The van der Waals surface area contributed by atoms with Crippen molar-refractivity contribution in [1.29, 1.82) is 0 Å². The smallest absolute Gasteiger partial charge is 0.356 e. The third kappa shape index (κ3) is 1.97. The van der Waals surface area contributed by atoms with Crippen molar-refractivity contribution in [3.05, 3.63) is 34.8 Å². The fourth-order valence-corrected chi connectivity index (χ4v) is 1.96. The maximum atomic E-state index is 10.7. The van der Waals surface area contributed by atoms with E-state index in [0.29, 0.717) is 5.82 Å². The molecule has 0 fully saturated rings. The van der Waals surface area contributed by atoms with Crippen molar-refractivity contribution in [2.75, 3.05) is 0 Å². The van der Waals surface area contributed by atoms with Gasteiger partial charge in [-0.1, -0.05) is 6.92 Å². The number of rotatable bonds is 3. The molecule has 0 radical (unpaired) electrons. The molecule has 0 bridgehead atoms. The van der Waals surface area contributed by atoms with Crippen molar-refractivity contribution < 1.29 is 9.90 Å². The van der Waals surface area contributed by atoms with Crippen LogP contribution in [-0.2, 0) is 6.42 Å². The third-order valence-corrected chi connectivity index (χ3v) is 2.88. The average Bonchev–Trinajstić information content (AvgIpc) is 2.64. The number of carboxylic acid groups (broad SMARTS) is 1. The van der Waals surface area contributed by atoms with E-state index in [4.69, 9.17) is 5.11 Å². The second-order valence-corrected chi connectivity index (χ2v) is 4.00. The molecule has 0 atom stereocenters. The first kappa shape index (κ1) is 12.2. The number of carbonyl (C=O) groups is 1. The van der Waals surface area contributed by atoms with Crippen LogP contribution in [0.3, 0.4) is 0 Å². The SMILES string of the molecule is CCc1c(C)nn(-c2ccc(C(=O)O)nn2)c1C. The molecule has 1 N–H and O–H groups in total. The number of hydrogen-bond acceptors (Lipinski definition) is 4.